The van der Waals surface area contributed by atoms with Gasteiger partial charge < -0.3 is 93.6 Å². The van der Waals surface area contributed by atoms with Crippen molar-refractivity contribution in [2.45, 2.75) is 255 Å². The van der Waals surface area contributed by atoms with Crippen molar-refractivity contribution in [1.29, 1.82) is 0 Å². The van der Waals surface area contributed by atoms with Crippen molar-refractivity contribution >= 4 is 93.8 Å². The number of fused-ring (bicyclic) bond motifs is 2. The van der Waals surface area contributed by atoms with E-state index in [0.29, 0.717) is 53.1 Å². The summed E-state index contributed by atoms with van der Waals surface area (Å²) in [6.45, 7) is 9.68. The topological polar surface area (TPSA) is 478 Å². The average molecular weight is 1640 g/mol. The number of rotatable bonds is 40. The van der Waals surface area contributed by atoms with E-state index in [1.807, 2.05) is 20.1 Å². The molecule has 3 heterocycles. The van der Waals surface area contributed by atoms with Crippen LogP contribution in [-0.4, -0.2) is 239 Å². The highest BCUT2D eigenvalue weighted by Crippen LogP contribution is 2.32. The van der Waals surface area contributed by atoms with Gasteiger partial charge in [-0.25, -0.2) is 0 Å². The van der Waals surface area contributed by atoms with E-state index >= 15 is 14.4 Å². The molecule has 0 aliphatic carbocycles. The summed E-state index contributed by atoms with van der Waals surface area (Å²) in [6, 6.07) is 9.66. The summed E-state index contributed by atoms with van der Waals surface area (Å²) in [5, 5.41) is 115. The Morgan fingerprint density at radius 2 is 1.34 bits per heavy atom. The normalized spacial score (nSPS) is 23.9. The first kappa shape index (κ1) is 95.2. The lowest BCUT2D eigenvalue weighted by Gasteiger charge is -2.34. The third-order valence-corrected chi connectivity index (χ3v) is 22.5. The van der Waals surface area contributed by atoms with Gasteiger partial charge in [0.2, 0.25) is 53.2 Å². The van der Waals surface area contributed by atoms with E-state index in [-0.39, 0.29) is 81.8 Å². The SMILES string of the molecule is CC[C@H](C)C[C@H](C)CCCCCCCCC(=O)N[C@H]1C[C@@H](O)[C@@H](NCCNC(=O)C(CC(=O)C(CC(C)C)NC(=O)C(CCSC)CC(=O)Nc2ccc(Cl)cc2)Cc2ccccc2)NC(=O)[C@@H]2[C@@H](O)CCN2C(=O)[C@H]([C@H](O)CCN)NC(=O)[C@H]([C@H](O)[C@@H](O)c2ccc(O)cc2)CC(=O)[C@@H]2C[C@@H](O)CN2C(=O)[C@H]([C@@H](C)O)NC1=O. The molecule has 0 bridgehead atoms. The van der Waals surface area contributed by atoms with Crippen LogP contribution in [0.5, 0.6) is 5.75 Å². The van der Waals surface area contributed by atoms with Crippen LogP contribution in [0, 0.1) is 35.5 Å². The Labute approximate surface area is 678 Å². The molecule has 3 saturated heterocycles. The molecule has 634 valence electrons. The van der Waals surface area contributed by atoms with Gasteiger partial charge in [-0.05, 0) is 136 Å². The molecule has 19 atom stereocenters. The molecule has 0 radical (unpaired) electrons. The summed E-state index contributed by atoms with van der Waals surface area (Å²) in [4.78, 5) is 163. The fourth-order valence-electron chi connectivity index (χ4n) is 15.0. The van der Waals surface area contributed by atoms with Crippen molar-refractivity contribution in [3.8, 4) is 5.75 Å². The summed E-state index contributed by atoms with van der Waals surface area (Å²) in [6.07, 6.45) is -7.83. The Balaban J connectivity index is 1.35. The number of aliphatic hydroxyl groups excluding tert-OH is 7. The van der Waals surface area contributed by atoms with Gasteiger partial charge in [0, 0.05) is 87.2 Å². The molecule has 3 aliphatic rings. The highest BCUT2D eigenvalue weighted by atomic mass is 35.5. The van der Waals surface area contributed by atoms with Crippen molar-refractivity contribution in [3.05, 3.63) is 95.0 Å². The van der Waals surface area contributed by atoms with Gasteiger partial charge in [0.05, 0.1) is 54.6 Å². The fraction of sp³-hybridized carbons (Fsp3) is 0.646. The Morgan fingerprint density at radius 3 is 1.99 bits per heavy atom. The molecule has 3 fully saturated rings. The zero-order chi connectivity index (χ0) is 83.9. The minimum Gasteiger partial charge on any atom is -0.508 e. The summed E-state index contributed by atoms with van der Waals surface area (Å²) in [5.74, 6) is -12.3. The Bertz CT molecular complexity index is 3590. The fourth-order valence-corrected chi connectivity index (χ4v) is 15.6. The van der Waals surface area contributed by atoms with Crippen LogP contribution in [0.1, 0.15) is 181 Å². The van der Waals surface area contributed by atoms with Gasteiger partial charge in [-0.15, -0.1) is 0 Å². The number of ketones is 2. The van der Waals surface area contributed by atoms with Crippen molar-refractivity contribution in [2.75, 3.05) is 50.0 Å². The first-order chi connectivity index (χ1) is 54.2. The number of aliphatic hydroxyl groups is 7. The van der Waals surface area contributed by atoms with Crippen molar-refractivity contribution in [1.82, 2.24) is 47.0 Å². The predicted octanol–water partition coefficient (Wildman–Crippen LogP) is 3.34. The number of thioether (sulfide) groups is 1. The number of benzene rings is 3. The maximum absolute atomic E-state index is 15.1. The Kier molecular flexibility index (Phi) is 40.2. The molecule has 9 amide bonds. The quantitative estimate of drug-likeness (QED) is 0.0363. The van der Waals surface area contributed by atoms with Crippen LogP contribution in [0.15, 0.2) is 78.9 Å². The lowest BCUT2D eigenvalue weighted by atomic mass is 9.86. The maximum Gasteiger partial charge on any atom is 0.248 e. The van der Waals surface area contributed by atoms with Crippen molar-refractivity contribution < 1.29 is 93.6 Å². The van der Waals surface area contributed by atoms with Crippen LogP contribution >= 0.6 is 23.4 Å². The Morgan fingerprint density at radius 1 is 0.684 bits per heavy atom. The summed E-state index contributed by atoms with van der Waals surface area (Å²) in [5.41, 5.74) is 6.99. The van der Waals surface area contributed by atoms with Crippen molar-refractivity contribution in [2.24, 2.45) is 41.2 Å². The van der Waals surface area contributed by atoms with Crippen LogP contribution in [-0.2, 0) is 59.2 Å². The van der Waals surface area contributed by atoms with Crippen LogP contribution in [0.4, 0.5) is 5.69 Å². The van der Waals surface area contributed by atoms with Crippen LogP contribution in [0.2, 0.25) is 5.02 Å². The molecule has 32 heteroatoms. The summed E-state index contributed by atoms with van der Waals surface area (Å²) in [7, 11) is 0. The largest absolute Gasteiger partial charge is 0.508 e. The van der Waals surface area contributed by atoms with E-state index in [4.69, 9.17) is 17.3 Å². The number of unbranched alkanes of at least 4 members (excludes halogenated alkanes) is 5. The number of phenols is 1. The van der Waals surface area contributed by atoms with Gasteiger partial charge in [-0.1, -0.05) is 134 Å². The average Bonchev–Trinajstić information content (AvgIpc) is 1.61. The highest BCUT2D eigenvalue weighted by Gasteiger charge is 2.49. The third-order valence-electron chi connectivity index (χ3n) is 21.6. The molecular formula is C82H124ClN11O19S. The monoisotopic (exact) mass is 1630 g/mol. The number of hydrogen-bond donors (Lipinski definition) is 17. The second-order valence-electron chi connectivity index (χ2n) is 31.5. The number of aromatic hydroxyl groups is 1. The van der Waals surface area contributed by atoms with Crippen LogP contribution in [0.25, 0.3) is 0 Å². The molecule has 3 unspecified atom stereocenters. The molecule has 30 nitrogen and oxygen atoms in total. The standard InChI is InChI=1S/C82H124ClN11O19S/c1-8-48(4)39-49(5)18-14-11-9-10-12-17-21-68(103)88-61-45-67(102)75(85-34-35-86-76(107)54(40-51-19-15-13-16-20-51)41-65(100)60(38-47(2)3)89-77(108)53(32-37-114-7)42-69(104)87-56-26-24-55(83)25-27-56)92-80(111)72-64(99)31-36-93(72)82(113)71(63(98)30-33-84)91-78(109)59(74(106)73(105)52-22-28-57(96)29-23-52)44-66(101)62-43-58(97)46-94(62)81(112)70(50(6)95)90-79(61)110/h13,15-16,19-20,22-29,47-50,53-54,58-64,67,70-75,85,95-99,102,105-106H,8-12,14,17-18,21,30-46,84H2,1-7H3,(H,86,107)(H,87,104)(H,88,103)(H,89,108)(H,90,110)(H,91,109)(H,92,111)/t48-,49+,50+,53?,54?,58+,59-,60?,61-,62-,63+,64-,67+,70-,71-,72-,73-,74-,75-/m0/s1. The third kappa shape index (κ3) is 30.1. The van der Waals surface area contributed by atoms with Gasteiger partial charge in [-0.3, -0.25) is 58.1 Å². The van der Waals surface area contributed by atoms with E-state index in [0.717, 1.165) is 61.7 Å². The molecule has 3 aliphatic heterocycles. The molecular weight excluding hydrogens is 1510 g/mol. The lowest BCUT2D eigenvalue weighted by molar-refractivity contribution is -0.149. The molecule has 0 spiro atoms. The molecule has 18 N–H and O–H groups in total. The minimum absolute atomic E-state index is 0.0414. The van der Waals surface area contributed by atoms with Crippen molar-refractivity contribution in [3.63, 3.8) is 0 Å². The second kappa shape index (κ2) is 48.1. The van der Waals surface area contributed by atoms with E-state index in [1.165, 1.54) is 36.0 Å². The van der Waals surface area contributed by atoms with E-state index in [9.17, 15) is 79.2 Å². The molecule has 114 heavy (non-hydrogen) atoms. The van der Waals surface area contributed by atoms with E-state index in [1.54, 1.807) is 54.6 Å². The maximum atomic E-state index is 15.1. The number of hydrogen-bond acceptors (Lipinski definition) is 22. The molecule has 0 saturated carbocycles. The number of anilines is 1. The number of nitrogens with one attached hydrogen (secondary N) is 8. The Hall–Kier alpha value is -7.69. The predicted molar refractivity (Wildman–Crippen MR) is 431 cm³/mol. The molecule has 3 aromatic carbocycles. The molecule has 3 aromatic rings. The minimum atomic E-state index is -2.24. The van der Waals surface area contributed by atoms with Gasteiger partial charge in [-0.2, -0.15) is 11.8 Å². The van der Waals surface area contributed by atoms with Gasteiger partial charge in [0.15, 0.2) is 11.6 Å². The van der Waals surface area contributed by atoms with Crippen LogP contribution < -0.4 is 48.3 Å². The second-order valence-corrected chi connectivity index (χ2v) is 33.0. The number of amides is 9. The zero-order valence-electron chi connectivity index (χ0n) is 66.8. The van der Waals surface area contributed by atoms with Gasteiger partial charge >= 0.3 is 0 Å². The first-order valence-corrected chi connectivity index (χ1v) is 42.0. The molecule has 0 aromatic heterocycles. The highest BCUT2D eigenvalue weighted by molar-refractivity contribution is 7.98. The number of carbonyl (C=O) groups is 11. The number of halogens is 1. The number of Topliss-reactive ketones (excluding diaryl/α,β-unsaturated/α-hetero) is 2. The van der Waals surface area contributed by atoms with E-state index < -0.39 is 200 Å². The number of carbonyl (C=O) groups excluding carboxylic acids is 11. The van der Waals surface area contributed by atoms with Gasteiger partial charge in [0.25, 0.3) is 0 Å². The summed E-state index contributed by atoms with van der Waals surface area (Å²) >= 11 is 7.54. The lowest BCUT2D eigenvalue weighted by Crippen LogP contribution is -2.63. The summed E-state index contributed by atoms with van der Waals surface area (Å²) < 4.78 is 0. The first-order valence-electron chi connectivity index (χ1n) is 40.3. The van der Waals surface area contributed by atoms with Crippen LogP contribution in [0.3, 0.4) is 0 Å². The van der Waals surface area contributed by atoms with E-state index in [2.05, 4.69) is 63.3 Å². The molecule has 6 rings (SSSR count). The van der Waals surface area contributed by atoms with Gasteiger partial charge in [0.1, 0.15) is 42.2 Å². The number of nitrogens with two attached hydrogens (primary N) is 1. The zero-order valence-corrected chi connectivity index (χ0v) is 68.3. The number of phenolic OH excluding ortho intramolecular Hbond substituents is 1. The number of nitrogens with zero attached hydrogens (tertiary/aromatic N) is 2. The smallest absolute Gasteiger partial charge is 0.248 e.